The molecule has 1 N–H and O–H groups in total. The fourth-order valence-corrected chi connectivity index (χ4v) is 4.08. The lowest BCUT2D eigenvalue weighted by molar-refractivity contribution is 0.695. The van der Waals surface area contributed by atoms with E-state index in [0.717, 1.165) is 29.6 Å². The van der Waals surface area contributed by atoms with E-state index in [9.17, 15) is 4.79 Å². The maximum absolute atomic E-state index is 12.7. The summed E-state index contributed by atoms with van der Waals surface area (Å²) in [5.41, 5.74) is 1.40. The van der Waals surface area contributed by atoms with E-state index < -0.39 is 0 Å². The van der Waals surface area contributed by atoms with Gasteiger partial charge in [0.15, 0.2) is 0 Å². The molecule has 0 saturated heterocycles. The minimum atomic E-state index is 0.128. The molecule has 0 radical (unpaired) electrons. The minimum Gasteiger partial charge on any atom is -0.356 e. The van der Waals surface area contributed by atoms with E-state index in [1.54, 1.807) is 15.9 Å². The van der Waals surface area contributed by atoms with Crippen LogP contribution in [0.3, 0.4) is 0 Å². The Balaban J connectivity index is 2.30. The van der Waals surface area contributed by atoms with Gasteiger partial charge in [-0.25, -0.2) is 4.98 Å². The van der Waals surface area contributed by atoms with Gasteiger partial charge in [0.25, 0.3) is 5.56 Å². The van der Waals surface area contributed by atoms with Crippen molar-refractivity contribution in [3.05, 3.63) is 20.8 Å². The zero-order valence-electron chi connectivity index (χ0n) is 11.5. The van der Waals surface area contributed by atoms with Crippen LogP contribution in [0.25, 0.3) is 10.2 Å². The average molecular weight is 277 g/mol. The van der Waals surface area contributed by atoms with Crippen molar-refractivity contribution in [1.29, 1.82) is 0 Å². The van der Waals surface area contributed by atoms with Gasteiger partial charge >= 0.3 is 0 Å². The van der Waals surface area contributed by atoms with Gasteiger partial charge in [-0.05, 0) is 45.1 Å². The molecular weight excluding hydrogens is 258 g/mol. The monoisotopic (exact) mass is 277 g/mol. The number of anilines is 1. The number of nitrogens with one attached hydrogen (secondary N) is 1. The normalized spacial score (nSPS) is 14.6. The van der Waals surface area contributed by atoms with E-state index in [1.165, 1.54) is 23.3 Å². The highest BCUT2D eigenvalue weighted by Gasteiger charge is 2.21. The zero-order valence-corrected chi connectivity index (χ0v) is 12.3. The number of aromatic nitrogens is 2. The summed E-state index contributed by atoms with van der Waals surface area (Å²) in [7, 11) is 0. The third kappa shape index (κ3) is 1.96. The predicted octanol–water partition coefficient (Wildman–Crippen LogP) is 2.79. The van der Waals surface area contributed by atoms with Gasteiger partial charge in [0, 0.05) is 18.0 Å². The minimum absolute atomic E-state index is 0.128. The Morgan fingerprint density at radius 1 is 1.32 bits per heavy atom. The highest BCUT2D eigenvalue weighted by atomic mass is 32.1. The molecule has 1 aliphatic carbocycles. The van der Waals surface area contributed by atoms with Crippen molar-refractivity contribution in [2.75, 3.05) is 11.9 Å². The molecule has 102 valence electrons. The summed E-state index contributed by atoms with van der Waals surface area (Å²) in [6.45, 7) is 5.46. The zero-order chi connectivity index (χ0) is 13.4. The van der Waals surface area contributed by atoms with E-state index >= 15 is 0 Å². The van der Waals surface area contributed by atoms with Gasteiger partial charge in [-0.15, -0.1) is 11.3 Å². The molecule has 1 aliphatic rings. The molecule has 0 unspecified atom stereocenters. The highest BCUT2D eigenvalue weighted by molar-refractivity contribution is 7.18. The Kier molecular flexibility index (Phi) is 3.31. The molecule has 0 fully saturated rings. The summed E-state index contributed by atoms with van der Waals surface area (Å²) < 4.78 is 1.76. The highest BCUT2D eigenvalue weighted by Crippen LogP contribution is 2.34. The van der Waals surface area contributed by atoms with Crippen molar-refractivity contribution in [3.8, 4) is 0 Å². The van der Waals surface area contributed by atoms with Gasteiger partial charge in [-0.1, -0.05) is 0 Å². The summed E-state index contributed by atoms with van der Waals surface area (Å²) in [6, 6.07) is 0. The number of nitrogens with zero attached hydrogens (tertiary/aromatic N) is 2. The summed E-state index contributed by atoms with van der Waals surface area (Å²) in [5, 5.41) is 4.08. The first kappa shape index (κ1) is 12.7. The van der Waals surface area contributed by atoms with Crippen LogP contribution in [0.2, 0.25) is 0 Å². The van der Waals surface area contributed by atoms with Gasteiger partial charge in [0.05, 0.1) is 5.39 Å². The van der Waals surface area contributed by atoms with E-state index in [-0.39, 0.29) is 5.56 Å². The lowest BCUT2D eigenvalue weighted by atomic mass is 9.97. The maximum Gasteiger partial charge on any atom is 0.263 e. The van der Waals surface area contributed by atoms with Crippen LogP contribution in [0.5, 0.6) is 0 Å². The van der Waals surface area contributed by atoms with Crippen molar-refractivity contribution < 1.29 is 0 Å². The fraction of sp³-hybridized carbons (Fsp3) is 0.571. The second-order valence-corrected chi connectivity index (χ2v) is 5.99. The van der Waals surface area contributed by atoms with Crippen molar-refractivity contribution in [2.45, 2.75) is 46.1 Å². The average Bonchev–Trinajstić information content (AvgIpc) is 2.77. The molecule has 19 heavy (non-hydrogen) atoms. The molecule has 0 aliphatic heterocycles. The molecule has 0 aromatic carbocycles. The molecule has 4 nitrogen and oxygen atoms in total. The molecule has 0 bridgehead atoms. The molecule has 0 saturated carbocycles. The lowest BCUT2D eigenvalue weighted by Crippen LogP contribution is -2.24. The van der Waals surface area contributed by atoms with E-state index in [1.807, 2.05) is 13.8 Å². The number of fused-ring (bicyclic) bond motifs is 3. The predicted molar refractivity (Wildman–Crippen MR) is 80.4 cm³/mol. The Bertz CT molecular complexity index is 671. The molecule has 0 spiro atoms. The lowest BCUT2D eigenvalue weighted by Gasteiger charge is -2.12. The van der Waals surface area contributed by atoms with Gasteiger partial charge in [-0.2, -0.15) is 0 Å². The van der Waals surface area contributed by atoms with Crippen LogP contribution in [0, 0.1) is 0 Å². The fourth-order valence-electron chi connectivity index (χ4n) is 2.82. The number of thiophene rings is 1. The van der Waals surface area contributed by atoms with Gasteiger partial charge < -0.3 is 5.32 Å². The third-order valence-electron chi connectivity index (χ3n) is 3.73. The van der Waals surface area contributed by atoms with Crippen LogP contribution in [0.4, 0.5) is 5.95 Å². The second-order valence-electron chi connectivity index (χ2n) is 4.91. The third-order valence-corrected chi connectivity index (χ3v) is 4.91. The molecule has 0 atom stereocenters. The Morgan fingerprint density at radius 3 is 2.84 bits per heavy atom. The van der Waals surface area contributed by atoms with Crippen LogP contribution in [-0.2, 0) is 19.4 Å². The summed E-state index contributed by atoms with van der Waals surface area (Å²) >= 11 is 1.71. The van der Waals surface area contributed by atoms with E-state index in [2.05, 4.69) is 10.3 Å². The van der Waals surface area contributed by atoms with E-state index in [0.29, 0.717) is 12.5 Å². The quantitative estimate of drug-likeness (QED) is 0.938. The van der Waals surface area contributed by atoms with Crippen LogP contribution in [0.1, 0.15) is 37.1 Å². The van der Waals surface area contributed by atoms with Crippen molar-refractivity contribution in [2.24, 2.45) is 0 Å². The van der Waals surface area contributed by atoms with E-state index in [4.69, 9.17) is 0 Å². The van der Waals surface area contributed by atoms with Gasteiger partial charge in [0.1, 0.15) is 4.83 Å². The second kappa shape index (κ2) is 4.96. The number of hydrogen-bond acceptors (Lipinski definition) is 4. The summed E-state index contributed by atoms with van der Waals surface area (Å²) in [5.74, 6) is 0.709. The van der Waals surface area contributed by atoms with Crippen molar-refractivity contribution in [3.63, 3.8) is 0 Å². The Hall–Kier alpha value is -1.36. The largest absolute Gasteiger partial charge is 0.356 e. The number of rotatable bonds is 3. The van der Waals surface area contributed by atoms with Crippen molar-refractivity contribution >= 4 is 27.5 Å². The summed E-state index contributed by atoms with van der Waals surface area (Å²) in [6.07, 6.45) is 4.58. The maximum atomic E-state index is 12.7. The molecule has 5 heteroatoms. The first-order chi connectivity index (χ1) is 9.26. The van der Waals surface area contributed by atoms with Gasteiger partial charge in [0.2, 0.25) is 5.95 Å². The topological polar surface area (TPSA) is 46.9 Å². The number of aryl methyl sites for hydroxylation is 2. The standard InChI is InChI=1S/C14H19N3OS/c1-3-15-14-16-12-11(13(18)17(14)4-2)9-7-5-6-8-10(9)19-12/h3-8H2,1-2H3,(H,15,16). The first-order valence-electron chi connectivity index (χ1n) is 7.05. The molecule has 0 amide bonds. The Labute approximate surface area is 116 Å². The van der Waals surface area contributed by atoms with Crippen LogP contribution < -0.4 is 10.9 Å². The number of hydrogen-bond donors (Lipinski definition) is 1. The SMILES string of the molecule is CCNc1nc2sc3c(c2c(=O)n1CC)CCCC3. The van der Waals surface area contributed by atoms with Crippen molar-refractivity contribution in [1.82, 2.24) is 9.55 Å². The van der Waals surface area contributed by atoms with Crippen LogP contribution >= 0.6 is 11.3 Å². The smallest absolute Gasteiger partial charge is 0.263 e. The molecule has 3 rings (SSSR count). The van der Waals surface area contributed by atoms with Crippen LogP contribution in [0.15, 0.2) is 4.79 Å². The molecular formula is C14H19N3OS. The first-order valence-corrected chi connectivity index (χ1v) is 7.86. The van der Waals surface area contributed by atoms with Crippen LogP contribution in [-0.4, -0.2) is 16.1 Å². The Morgan fingerprint density at radius 2 is 2.11 bits per heavy atom. The van der Waals surface area contributed by atoms with Gasteiger partial charge in [-0.3, -0.25) is 9.36 Å². The molecule has 2 aromatic heterocycles. The molecule has 2 heterocycles. The molecule has 2 aromatic rings. The summed E-state index contributed by atoms with van der Waals surface area (Å²) in [4.78, 5) is 19.6.